The third-order valence-electron chi connectivity index (χ3n) is 3.64. The summed E-state index contributed by atoms with van der Waals surface area (Å²) < 4.78 is 5.99. The molecule has 1 saturated heterocycles. The van der Waals surface area contributed by atoms with Crippen LogP contribution in [0.2, 0.25) is 0 Å². The van der Waals surface area contributed by atoms with E-state index in [9.17, 15) is 4.79 Å². The quantitative estimate of drug-likeness (QED) is 0.902. The van der Waals surface area contributed by atoms with Gasteiger partial charge in [0.2, 0.25) is 0 Å². The second kappa shape index (κ2) is 7.77. The first-order chi connectivity index (χ1) is 10.1. The number of anilines is 1. The summed E-state index contributed by atoms with van der Waals surface area (Å²) in [4.78, 5) is 16.4. The number of hydrogen-bond donors (Lipinski definition) is 1. The molecule has 1 aromatic rings. The molecule has 0 atom stereocenters. The van der Waals surface area contributed by atoms with Gasteiger partial charge in [-0.3, -0.25) is 4.90 Å². The highest BCUT2D eigenvalue weighted by Gasteiger charge is 2.21. The van der Waals surface area contributed by atoms with Crippen LogP contribution in [0.15, 0.2) is 22.7 Å². The number of carbonyl (C=O) groups excluding carboxylic acids is 1. The Labute approximate surface area is 134 Å². The molecule has 1 aromatic carbocycles. The zero-order valence-electron chi connectivity index (χ0n) is 12.6. The Hall–Kier alpha value is -1.11. The fraction of sp³-hybridized carbons (Fsp3) is 0.533. The van der Waals surface area contributed by atoms with Crippen LogP contribution in [-0.4, -0.2) is 62.3 Å². The lowest BCUT2D eigenvalue weighted by molar-refractivity contribution is 0.109. The number of carbonyl (C=O) groups is 1. The SMILES string of the molecule is COCCN1CCN(C(=O)Nc2ccc(C)cc2Br)CC1. The van der Waals surface area contributed by atoms with Crippen molar-refractivity contribution < 1.29 is 9.53 Å². The topological polar surface area (TPSA) is 44.8 Å². The molecule has 1 heterocycles. The molecule has 1 aliphatic rings. The highest BCUT2D eigenvalue weighted by atomic mass is 79.9. The van der Waals surface area contributed by atoms with E-state index in [0.29, 0.717) is 0 Å². The van der Waals surface area contributed by atoms with Gasteiger partial charge in [-0.1, -0.05) is 6.07 Å². The van der Waals surface area contributed by atoms with Gasteiger partial charge in [0, 0.05) is 44.3 Å². The molecule has 0 saturated carbocycles. The Bertz CT molecular complexity index is 488. The molecule has 0 unspecified atom stereocenters. The lowest BCUT2D eigenvalue weighted by Gasteiger charge is -2.34. The monoisotopic (exact) mass is 355 g/mol. The second-order valence-electron chi connectivity index (χ2n) is 5.23. The van der Waals surface area contributed by atoms with E-state index in [0.717, 1.165) is 55.1 Å². The highest BCUT2D eigenvalue weighted by molar-refractivity contribution is 9.10. The first-order valence-electron chi connectivity index (χ1n) is 7.13. The van der Waals surface area contributed by atoms with E-state index < -0.39 is 0 Å². The number of ether oxygens (including phenoxy) is 1. The van der Waals surface area contributed by atoms with Crippen molar-refractivity contribution in [1.29, 1.82) is 0 Å². The summed E-state index contributed by atoms with van der Waals surface area (Å²) in [5.74, 6) is 0. The van der Waals surface area contributed by atoms with E-state index in [2.05, 4.69) is 26.1 Å². The van der Waals surface area contributed by atoms with Crippen LogP contribution in [0.4, 0.5) is 10.5 Å². The maximum absolute atomic E-state index is 12.3. The number of nitrogens with one attached hydrogen (secondary N) is 1. The number of urea groups is 1. The van der Waals surface area contributed by atoms with Gasteiger partial charge in [0.05, 0.1) is 12.3 Å². The van der Waals surface area contributed by atoms with Crippen molar-refractivity contribution >= 4 is 27.6 Å². The van der Waals surface area contributed by atoms with Crippen molar-refractivity contribution in [1.82, 2.24) is 9.80 Å². The van der Waals surface area contributed by atoms with Gasteiger partial charge in [0.25, 0.3) is 0 Å². The molecular weight excluding hydrogens is 334 g/mol. The van der Waals surface area contributed by atoms with Gasteiger partial charge in [-0.25, -0.2) is 4.79 Å². The van der Waals surface area contributed by atoms with Crippen LogP contribution in [0.3, 0.4) is 0 Å². The zero-order chi connectivity index (χ0) is 15.2. The van der Waals surface area contributed by atoms with Gasteiger partial charge in [0.1, 0.15) is 0 Å². The maximum Gasteiger partial charge on any atom is 0.321 e. The number of halogens is 1. The second-order valence-corrected chi connectivity index (χ2v) is 6.09. The van der Waals surface area contributed by atoms with Crippen LogP contribution in [0.1, 0.15) is 5.56 Å². The molecule has 0 aliphatic carbocycles. The summed E-state index contributed by atoms with van der Waals surface area (Å²) in [6.45, 7) is 6.98. The summed E-state index contributed by atoms with van der Waals surface area (Å²) >= 11 is 3.48. The molecule has 0 spiro atoms. The van der Waals surface area contributed by atoms with Crippen LogP contribution in [0.5, 0.6) is 0 Å². The van der Waals surface area contributed by atoms with E-state index in [-0.39, 0.29) is 6.03 Å². The molecule has 2 rings (SSSR count). The summed E-state index contributed by atoms with van der Waals surface area (Å²) in [6, 6.07) is 5.87. The predicted octanol–water partition coefficient (Wildman–Crippen LogP) is 2.55. The lowest BCUT2D eigenvalue weighted by atomic mass is 10.2. The minimum absolute atomic E-state index is 0.0362. The van der Waals surface area contributed by atoms with Crippen LogP contribution < -0.4 is 5.32 Å². The van der Waals surface area contributed by atoms with E-state index in [1.807, 2.05) is 30.0 Å². The summed E-state index contributed by atoms with van der Waals surface area (Å²) in [5, 5.41) is 2.96. The van der Waals surface area contributed by atoms with E-state index in [1.165, 1.54) is 0 Å². The van der Waals surface area contributed by atoms with Gasteiger partial charge in [-0.15, -0.1) is 0 Å². The summed E-state index contributed by atoms with van der Waals surface area (Å²) in [6.07, 6.45) is 0. The van der Waals surface area contributed by atoms with Crippen molar-refractivity contribution in [2.75, 3.05) is 51.8 Å². The Morgan fingerprint density at radius 1 is 1.33 bits per heavy atom. The van der Waals surface area contributed by atoms with Crippen LogP contribution >= 0.6 is 15.9 Å². The number of nitrogens with zero attached hydrogens (tertiary/aromatic N) is 2. The Morgan fingerprint density at radius 2 is 2.05 bits per heavy atom. The van der Waals surface area contributed by atoms with Crippen molar-refractivity contribution in [2.24, 2.45) is 0 Å². The Kier molecular flexibility index (Phi) is 6.02. The van der Waals surface area contributed by atoms with Gasteiger partial charge in [-0.05, 0) is 40.5 Å². The van der Waals surface area contributed by atoms with Crippen molar-refractivity contribution in [3.05, 3.63) is 28.2 Å². The number of rotatable bonds is 4. The predicted molar refractivity (Wildman–Crippen MR) is 87.8 cm³/mol. The van der Waals surface area contributed by atoms with Crippen molar-refractivity contribution in [3.63, 3.8) is 0 Å². The van der Waals surface area contributed by atoms with Crippen molar-refractivity contribution in [3.8, 4) is 0 Å². The number of aryl methyl sites for hydroxylation is 1. The molecule has 116 valence electrons. The smallest absolute Gasteiger partial charge is 0.321 e. The molecule has 2 amide bonds. The van der Waals surface area contributed by atoms with Gasteiger partial charge in [-0.2, -0.15) is 0 Å². The average Bonchev–Trinajstić information content (AvgIpc) is 2.48. The average molecular weight is 356 g/mol. The number of piperazine rings is 1. The zero-order valence-corrected chi connectivity index (χ0v) is 14.1. The molecule has 5 nitrogen and oxygen atoms in total. The Morgan fingerprint density at radius 3 is 2.67 bits per heavy atom. The van der Waals surface area contributed by atoms with Crippen LogP contribution in [0, 0.1) is 6.92 Å². The first kappa shape index (κ1) is 16.3. The molecule has 0 bridgehead atoms. The van der Waals surface area contributed by atoms with Crippen LogP contribution in [0.25, 0.3) is 0 Å². The maximum atomic E-state index is 12.3. The molecule has 21 heavy (non-hydrogen) atoms. The summed E-state index contributed by atoms with van der Waals surface area (Å²) in [7, 11) is 1.71. The van der Waals surface area contributed by atoms with Crippen LogP contribution in [-0.2, 0) is 4.74 Å². The molecule has 1 aliphatic heterocycles. The normalized spacial score (nSPS) is 16.0. The number of benzene rings is 1. The third-order valence-corrected chi connectivity index (χ3v) is 4.29. The van der Waals surface area contributed by atoms with Gasteiger partial charge in [0.15, 0.2) is 0 Å². The first-order valence-corrected chi connectivity index (χ1v) is 7.93. The molecular formula is C15H22BrN3O2. The largest absolute Gasteiger partial charge is 0.383 e. The minimum Gasteiger partial charge on any atom is -0.383 e. The summed E-state index contributed by atoms with van der Waals surface area (Å²) in [5.41, 5.74) is 1.97. The van der Waals surface area contributed by atoms with E-state index in [4.69, 9.17) is 4.74 Å². The highest BCUT2D eigenvalue weighted by Crippen LogP contribution is 2.23. The molecule has 1 N–H and O–H groups in total. The van der Waals surface area contributed by atoms with E-state index in [1.54, 1.807) is 7.11 Å². The fourth-order valence-corrected chi connectivity index (χ4v) is 2.90. The molecule has 0 aromatic heterocycles. The number of amides is 2. The molecule has 6 heteroatoms. The molecule has 0 radical (unpaired) electrons. The van der Waals surface area contributed by atoms with Crippen molar-refractivity contribution in [2.45, 2.75) is 6.92 Å². The minimum atomic E-state index is -0.0362. The number of hydrogen-bond acceptors (Lipinski definition) is 3. The standard InChI is InChI=1S/C15H22BrN3O2/c1-12-3-4-14(13(16)11-12)17-15(20)19-7-5-18(6-8-19)9-10-21-2/h3-4,11H,5-10H2,1-2H3,(H,17,20). The Balaban J connectivity index is 1.84. The van der Waals surface area contributed by atoms with Gasteiger partial charge >= 0.3 is 6.03 Å². The lowest BCUT2D eigenvalue weighted by Crippen LogP contribution is -2.50. The van der Waals surface area contributed by atoms with Gasteiger partial charge < -0.3 is 15.0 Å². The number of methoxy groups -OCH3 is 1. The van der Waals surface area contributed by atoms with E-state index >= 15 is 0 Å². The molecule has 1 fully saturated rings. The third kappa shape index (κ3) is 4.69. The fourth-order valence-electron chi connectivity index (χ4n) is 2.31.